The highest BCUT2D eigenvalue weighted by Crippen LogP contribution is 2.37. The van der Waals surface area contributed by atoms with Crippen LogP contribution in [-0.4, -0.2) is 46.7 Å². The molecule has 0 saturated heterocycles. The summed E-state index contributed by atoms with van der Waals surface area (Å²) in [5.41, 5.74) is 0.595. The van der Waals surface area contributed by atoms with Crippen molar-refractivity contribution in [3.05, 3.63) is 79.7 Å². The Bertz CT molecular complexity index is 1400. The maximum atomic E-state index is 12.7. The van der Waals surface area contributed by atoms with E-state index in [0.717, 1.165) is 22.3 Å². The molecule has 0 aliphatic carbocycles. The van der Waals surface area contributed by atoms with Gasteiger partial charge in [-0.25, -0.2) is 4.79 Å². The summed E-state index contributed by atoms with van der Waals surface area (Å²) in [6.45, 7) is 1.50. The Hall–Kier alpha value is -4.09. The van der Waals surface area contributed by atoms with Crippen molar-refractivity contribution >= 4 is 57.3 Å². The van der Waals surface area contributed by atoms with Crippen molar-refractivity contribution in [3.8, 4) is 11.1 Å². The first-order valence-corrected chi connectivity index (χ1v) is 12.0. The van der Waals surface area contributed by atoms with E-state index in [2.05, 4.69) is 5.32 Å². The molecule has 0 fully saturated rings. The molecule has 4 rings (SSSR count). The SMILES string of the molecule is CCOC(=O)c1c(-c2ccc(Cl)cc2)csc1NC(=O)CCN1C(=O)c2cccc([N+](=O)[O-])c2C1=O. The lowest BCUT2D eigenvalue weighted by molar-refractivity contribution is -0.385. The van der Waals surface area contributed by atoms with Gasteiger partial charge >= 0.3 is 5.97 Å². The number of thiophene rings is 1. The topological polar surface area (TPSA) is 136 Å². The second-order valence-electron chi connectivity index (χ2n) is 7.60. The third-order valence-corrected chi connectivity index (χ3v) is 6.56. The Kier molecular flexibility index (Phi) is 7.13. The van der Waals surface area contributed by atoms with Gasteiger partial charge in [-0.1, -0.05) is 29.8 Å². The molecule has 0 unspecified atom stereocenters. The van der Waals surface area contributed by atoms with Crippen molar-refractivity contribution in [1.29, 1.82) is 0 Å². The van der Waals surface area contributed by atoms with E-state index in [-0.39, 0.29) is 41.3 Å². The number of rotatable bonds is 8. The van der Waals surface area contributed by atoms with E-state index in [1.165, 1.54) is 12.1 Å². The zero-order valence-corrected chi connectivity index (χ0v) is 20.4. The zero-order valence-electron chi connectivity index (χ0n) is 18.8. The minimum absolute atomic E-state index is 0.0786. The lowest BCUT2D eigenvalue weighted by Crippen LogP contribution is -2.33. The molecule has 0 atom stereocenters. The molecule has 2 aromatic carbocycles. The fourth-order valence-corrected chi connectivity index (χ4v) is 4.87. The Morgan fingerprint density at radius 3 is 2.50 bits per heavy atom. The number of esters is 1. The molecule has 184 valence electrons. The summed E-state index contributed by atoms with van der Waals surface area (Å²) >= 11 is 7.08. The van der Waals surface area contributed by atoms with Gasteiger partial charge in [0.15, 0.2) is 0 Å². The molecule has 0 spiro atoms. The van der Waals surface area contributed by atoms with Crippen LogP contribution in [0.3, 0.4) is 0 Å². The molecule has 1 aliphatic rings. The van der Waals surface area contributed by atoms with Crippen LogP contribution in [0.4, 0.5) is 10.7 Å². The number of hydrogen-bond acceptors (Lipinski definition) is 8. The predicted octanol–water partition coefficient (Wildman–Crippen LogP) is 4.78. The molecule has 10 nitrogen and oxygen atoms in total. The number of anilines is 1. The third-order valence-electron chi connectivity index (χ3n) is 5.41. The van der Waals surface area contributed by atoms with Crippen LogP contribution in [0.25, 0.3) is 11.1 Å². The summed E-state index contributed by atoms with van der Waals surface area (Å²) in [6.07, 6.45) is -0.282. The van der Waals surface area contributed by atoms with E-state index in [1.807, 2.05) is 0 Å². The minimum Gasteiger partial charge on any atom is -0.462 e. The normalized spacial score (nSPS) is 12.4. The fraction of sp³-hybridized carbons (Fsp3) is 0.167. The molecule has 0 radical (unpaired) electrons. The third kappa shape index (κ3) is 4.70. The summed E-state index contributed by atoms with van der Waals surface area (Å²) in [6, 6.07) is 10.6. The number of nitrogens with one attached hydrogen (secondary N) is 1. The standard InChI is InChI=1S/C24H18ClN3O7S/c1-2-35-24(32)20-16(13-6-8-14(25)9-7-13)12-36-21(20)26-18(29)10-11-27-22(30)15-4-3-5-17(28(33)34)19(15)23(27)31/h3-9,12H,2,10-11H2,1H3,(H,26,29). The Labute approximate surface area is 213 Å². The number of ether oxygens (including phenoxy) is 1. The molecular formula is C24H18ClN3O7S. The number of fused-ring (bicyclic) bond motifs is 1. The number of nitro benzene ring substituents is 1. The number of carbonyl (C=O) groups is 4. The summed E-state index contributed by atoms with van der Waals surface area (Å²) in [4.78, 5) is 62.1. The van der Waals surface area contributed by atoms with Crippen LogP contribution in [0.2, 0.25) is 5.02 Å². The first kappa shape index (κ1) is 25.0. The number of imide groups is 1. The molecule has 3 aromatic rings. The quantitative estimate of drug-likeness (QED) is 0.193. The van der Waals surface area contributed by atoms with Crippen LogP contribution >= 0.6 is 22.9 Å². The zero-order chi connectivity index (χ0) is 26.0. The van der Waals surface area contributed by atoms with Crippen LogP contribution < -0.4 is 5.32 Å². The van der Waals surface area contributed by atoms with Gasteiger partial charge in [-0.05, 0) is 30.7 Å². The molecular weight excluding hydrogens is 510 g/mol. The summed E-state index contributed by atoms with van der Waals surface area (Å²) in [5.74, 6) is -2.72. The Morgan fingerprint density at radius 1 is 1.11 bits per heavy atom. The smallest absolute Gasteiger partial charge is 0.341 e. The van der Waals surface area contributed by atoms with E-state index in [0.29, 0.717) is 16.1 Å². The fourth-order valence-electron chi connectivity index (χ4n) is 3.77. The molecule has 12 heteroatoms. The maximum absolute atomic E-state index is 12.7. The first-order valence-electron chi connectivity index (χ1n) is 10.7. The highest BCUT2D eigenvalue weighted by molar-refractivity contribution is 7.15. The number of halogens is 1. The number of hydrogen-bond donors (Lipinski definition) is 1. The van der Waals surface area contributed by atoms with Gasteiger partial charge in [0, 0.05) is 35.0 Å². The van der Waals surface area contributed by atoms with Crippen molar-refractivity contribution in [1.82, 2.24) is 4.90 Å². The number of nitrogens with zero attached hydrogens (tertiary/aromatic N) is 2. The minimum atomic E-state index is -0.830. The van der Waals surface area contributed by atoms with Gasteiger partial charge in [-0.2, -0.15) is 0 Å². The van der Waals surface area contributed by atoms with E-state index < -0.39 is 34.3 Å². The number of carbonyl (C=O) groups excluding carboxylic acids is 4. The summed E-state index contributed by atoms with van der Waals surface area (Å²) in [7, 11) is 0. The Morgan fingerprint density at radius 2 is 1.83 bits per heavy atom. The van der Waals surface area contributed by atoms with E-state index in [4.69, 9.17) is 16.3 Å². The van der Waals surface area contributed by atoms with Crippen molar-refractivity contribution in [2.75, 3.05) is 18.5 Å². The predicted molar refractivity (Wildman–Crippen MR) is 132 cm³/mol. The van der Waals surface area contributed by atoms with Crippen LogP contribution in [0.1, 0.15) is 44.4 Å². The molecule has 1 aliphatic heterocycles. The molecule has 0 bridgehead atoms. The molecule has 36 heavy (non-hydrogen) atoms. The summed E-state index contributed by atoms with van der Waals surface area (Å²) < 4.78 is 5.17. The summed E-state index contributed by atoms with van der Waals surface area (Å²) in [5, 5.41) is 16.4. The van der Waals surface area contributed by atoms with Gasteiger partial charge < -0.3 is 10.1 Å². The van der Waals surface area contributed by atoms with Crippen LogP contribution in [0.15, 0.2) is 47.8 Å². The van der Waals surface area contributed by atoms with Gasteiger partial charge in [0.05, 0.1) is 17.1 Å². The molecule has 1 aromatic heterocycles. The van der Waals surface area contributed by atoms with Gasteiger partial charge in [0.2, 0.25) is 5.91 Å². The van der Waals surface area contributed by atoms with Gasteiger partial charge in [0.1, 0.15) is 16.1 Å². The van der Waals surface area contributed by atoms with Crippen LogP contribution in [0, 0.1) is 10.1 Å². The molecule has 0 saturated carbocycles. The molecule has 1 N–H and O–H groups in total. The van der Waals surface area contributed by atoms with Crippen LogP contribution in [0.5, 0.6) is 0 Å². The van der Waals surface area contributed by atoms with E-state index in [1.54, 1.807) is 36.6 Å². The largest absolute Gasteiger partial charge is 0.462 e. The highest BCUT2D eigenvalue weighted by atomic mass is 35.5. The second-order valence-corrected chi connectivity index (χ2v) is 8.91. The van der Waals surface area contributed by atoms with Gasteiger partial charge in [0.25, 0.3) is 17.5 Å². The average molecular weight is 528 g/mol. The first-order chi connectivity index (χ1) is 17.2. The molecule has 2 heterocycles. The number of nitro groups is 1. The number of amides is 3. The van der Waals surface area contributed by atoms with Gasteiger partial charge in [-0.15, -0.1) is 11.3 Å². The van der Waals surface area contributed by atoms with Crippen molar-refractivity contribution in [2.24, 2.45) is 0 Å². The lowest BCUT2D eigenvalue weighted by atomic mass is 10.0. The van der Waals surface area contributed by atoms with Crippen LogP contribution in [-0.2, 0) is 9.53 Å². The average Bonchev–Trinajstić information content (AvgIpc) is 3.37. The monoisotopic (exact) mass is 527 g/mol. The Balaban J connectivity index is 1.51. The van der Waals surface area contributed by atoms with Gasteiger partial charge in [-0.3, -0.25) is 29.4 Å². The maximum Gasteiger partial charge on any atom is 0.341 e. The van der Waals surface area contributed by atoms with Crippen molar-refractivity contribution in [2.45, 2.75) is 13.3 Å². The highest BCUT2D eigenvalue weighted by Gasteiger charge is 2.40. The van der Waals surface area contributed by atoms with Crippen molar-refractivity contribution in [3.63, 3.8) is 0 Å². The van der Waals surface area contributed by atoms with E-state index >= 15 is 0 Å². The van der Waals surface area contributed by atoms with E-state index in [9.17, 15) is 29.3 Å². The number of benzene rings is 2. The molecule has 3 amide bonds. The van der Waals surface area contributed by atoms with Crippen molar-refractivity contribution < 1.29 is 28.8 Å². The lowest BCUT2D eigenvalue weighted by Gasteiger charge is -2.13. The second kappa shape index (κ2) is 10.3.